The molecule has 0 radical (unpaired) electrons. The van der Waals surface area contributed by atoms with E-state index in [-0.39, 0.29) is 25.1 Å². The summed E-state index contributed by atoms with van der Waals surface area (Å²) >= 11 is 9.59. The number of hydrogen-bond donors (Lipinski definition) is 0. The van der Waals surface area contributed by atoms with Gasteiger partial charge in [-0.25, -0.2) is 9.78 Å². The molecule has 0 saturated heterocycles. The molecule has 29 heavy (non-hydrogen) atoms. The summed E-state index contributed by atoms with van der Waals surface area (Å²) in [5.74, 6) is -0.905. The van der Waals surface area contributed by atoms with Gasteiger partial charge in [-0.15, -0.1) is 0 Å². The molecule has 2 heterocycles. The van der Waals surface area contributed by atoms with E-state index >= 15 is 0 Å². The molecule has 1 aromatic carbocycles. The lowest BCUT2D eigenvalue weighted by molar-refractivity contribution is -0.148. The second-order valence-electron chi connectivity index (χ2n) is 6.36. The van der Waals surface area contributed by atoms with Gasteiger partial charge < -0.3 is 13.9 Å². The predicted octanol–water partition coefficient (Wildman–Crippen LogP) is 5.16. The van der Waals surface area contributed by atoms with E-state index in [1.165, 1.54) is 0 Å². The first-order valence-corrected chi connectivity index (χ1v) is 10.3. The van der Waals surface area contributed by atoms with Crippen LogP contribution in [0.5, 0.6) is 0 Å². The number of halogens is 2. The molecule has 0 aliphatic heterocycles. The lowest BCUT2D eigenvalue weighted by Crippen LogP contribution is -2.13. The van der Waals surface area contributed by atoms with Gasteiger partial charge in [0.2, 0.25) is 0 Å². The van der Waals surface area contributed by atoms with E-state index in [1.54, 1.807) is 36.6 Å². The van der Waals surface area contributed by atoms with Gasteiger partial charge in [-0.1, -0.05) is 29.8 Å². The van der Waals surface area contributed by atoms with Crippen molar-refractivity contribution in [3.63, 3.8) is 0 Å². The Morgan fingerprint density at radius 2 is 2.00 bits per heavy atom. The highest BCUT2D eigenvalue weighted by molar-refractivity contribution is 9.10. The molecule has 0 fully saturated rings. The number of benzene rings is 1. The van der Waals surface area contributed by atoms with Crippen LogP contribution in [0.3, 0.4) is 0 Å². The predicted molar refractivity (Wildman–Crippen MR) is 113 cm³/mol. The molecule has 8 heteroatoms. The molecule has 1 atom stereocenters. The molecule has 0 spiro atoms. The van der Waals surface area contributed by atoms with Gasteiger partial charge in [0, 0.05) is 27.7 Å². The van der Waals surface area contributed by atoms with Crippen molar-refractivity contribution in [2.75, 3.05) is 6.61 Å². The minimum absolute atomic E-state index is 0.0848. The third kappa shape index (κ3) is 4.97. The normalized spacial score (nSPS) is 12.0. The minimum atomic E-state index is -0.514. The highest BCUT2D eigenvalue weighted by Gasteiger charge is 2.22. The molecule has 0 amide bonds. The lowest BCUT2D eigenvalue weighted by atomic mass is 10.1. The smallest absolute Gasteiger partial charge is 0.358 e. The van der Waals surface area contributed by atoms with E-state index in [4.69, 9.17) is 21.1 Å². The first-order chi connectivity index (χ1) is 13.9. The first-order valence-electron chi connectivity index (χ1n) is 9.18. The standard InChI is InChI=1S/C21H20BrClN2O4/c1-3-28-21(27)20-17(25-12-14(22)8-10-18(25)24-20)9-11-19(26)29-13(2)15-6-4-5-7-16(15)23/h4-8,10,12-13H,3,9,11H2,1-2H3. The van der Waals surface area contributed by atoms with Crippen LogP contribution in [0.25, 0.3) is 5.65 Å². The van der Waals surface area contributed by atoms with Crippen molar-refractivity contribution in [1.82, 2.24) is 9.38 Å². The molecule has 0 bridgehead atoms. The minimum Gasteiger partial charge on any atom is -0.461 e. The number of imidazole rings is 1. The summed E-state index contributed by atoms with van der Waals surface area (Å²) in [4.78, 5) is 29.1. The summed E-state index contributed by atoms with van der Waals surface area (Å²) in [6, 6.07) is 10.9. The maximum absolute atomic E-state index is 12.4. The summed E-state index contributed by atoms with van der Waals surface area (Å²) in [5, 5.41) is 0.545. The van der Waals surface area contributed by atoms with E-state index in [2.05, 4.69) is 20.9 Å². The molecule has 0 aliphatic rings. The Morgan fingerprint density at radius 3 is 2.72 bits per heavy atom. The quantitative estimate of drug-likeness (QED) is 0.438. The van der Waals surface area contributed by atoms with Crippen molar-refractivity contribution >= 4 is 45.1 Å². The SMILES string of the molecule is CCOC(=O)c1nc2ccc(Br)cn2c1CCC(=O)OC(C)c1ccccc1Cl. The van der Waals surface area contributed by atoms with Crippen LogP contribution in [-0.2, 0) is 20.7 Å². The Morgan fingerprint density at radius 1 is 1.24 bits per heavy atom. The van der Waals surface area contributed by atoms with Crippen LogP contribution in [-0.4, -0.2) is 27.9 Å². The molecule has 0 aliphatic carbocycles. The van der Waals surface area contributed by atoms with Crippen molar-refractivity contribution in [1.29, 1.82) is 0 Å². The van der Waals surface area contributed by atoms with Gasteiger partial charge in [-0.3, -0.25) is 4.79 Å². The van der Waals surface area contributed by atoms with Crippen molar-refractivity contribution in [2.45, 2.75) is 32.8 Å². The number of carbonyl (C=O) groups is 2. The van der Waals surface area contributed by atoms with E-state index in [0.717, 1.165) is 10.0 Å². The summed E-state index contributed by atoms with van der Waals surface area (Å²) in [6.07, 6.45) is 1.69. The lowest BCUT2D eigenvalue weighted by Gasteiger charge is -2.15. The summed E-state index contributed by atoms with van der Waals surface area (Å²) in [6.45, 7) is 3.75. The summed E-state index contributed by atoms with van der Waals surface area (Å²) in [5.41, 5.74) is 2.15. The number of pyridine rings is 1. The molecule has 6 nitrogen and oxygen atoms in total. The Hall–Kier alpha value is -2.38. The number of hydrogen-bond acceptors (Lipinski definition) is 5. The number of ether oxygens (including phenoxy) is 2. The molecule has 1 unspecified atom stereocenters. The summed E-state index contributed by atoms with van der Waals surface area (Å²) < 4.78 is 13.2. The van der Waals surface area contributed by atoms with Crippen LogP contribution in [0.2, 0.25) is 5.02 Å². The van der Waals surface area contributed by atoms with Crippen LogP contribution >= 0.6 is 27.5 Å². The van der Waals surface area contributed by atoms with E-state index in [0.29, 0.717) is 16.4 Å². The highest BCUT2D eigenvalue weighted by Crippen LogP contribution is 2.26. The molecule has 3 rings (SSSR count). The fraction of sp³-hybridized carbons (Fsp3) is 0.286. The fourth-order valence-corrected chi connectivity index (χ4v) is 3.64. The monoisotopic (exact) mass is 478 g/mol. The molecule has 152 valence electrons. The Bertz CT molecular complexity index is 1050. The number of rotatable bonds is 7. The third-order valence-electron chi connectivity index (χ3n) is 4.37. The molecule has 0 saturated carbocycles. The van der Waals surface area contributed by atoms with Crippen LogP contribution in [0.4, 0.5) is 0 Å². The second kappa shape index (κ2) is 9.41. The van der Waals surface area contributed by atoms with Crippen LogP contribution in [0.1, 0.15) is 48.1 Å². The maximum Gasteiger partial charge on any atom is 0.358 e. The maximum atomic E-state index is 12.4. The number of nitrogens with zero attached hydrogens (tertiary/aromatic N) is 2. The number of aryl methyl sites for hydroxylation is 1. The topological polar surface area (TPSA) is 69.9 Å². The van der Waals surface area contributed by atoms with E-state index in [1.807, 2.05) is 24.3 Å². The van der Waals surface area contributed by atoms with E-state index in [9.17, 15) is 9.59 Å². The van der Waals surface area contributed by atoms with Crippen molar-refractivity contribution in [3.05, 3.63) is 69.0 Å². The zero-order valence-electron chi connectivity index (χ0n) is 16.0. The number of aromatic nitrogens is 2. The van der Waals surface area contributed by atoms with Crippen molar-refractivity contribution < 1.29 is 19.1 Å². The molecule has 0 N–H and O–H groups in total. The molecule has 3 aromatic rings. The average Bonchev–Trinajstić information content (AvgIpc) is 3.04. The number of fused-ring (bicyclic) bond motifs is 1. The highest BCUT2D eigenvalue weighted by atomic mass is 79.9. The van der Waals surface area contributed by atoms with E-state index < -0.39 is 18.0 Å². The largest absolute Gasteiger partial charge is 0.461 e. The van der Waals surface area contributed by atoms with Gasteiger partial charge >= 0.3 is 11.9 Å². The van der Waals surface area contributed by atoms with Crippen LogP contribution in [0, 0.1) is 0 Å². The van der Waals surface area contributed by atoms with Crippen molar-refractivity contribution in [2.24, 2.45) is 0 Å². The second-order valence-corrected chi connectivity index (χ2v) is 7.68. The molecular weight excluding hydrogens is 460 g/mol. The zero-order valence-corrected chi connectivity index (χ0v) is 18.4. The Labute approximate surface area is 181 Å². The number of carbonyl (C=O) groups excluding carboxylic acids is 2. The first kappa shape index (κ1) is 21.3. The van der Waals surface area contributed by atoms with Gasteiger partial charge in [0.05, 0.1) is 18.7 Å². The summed E-state index contributed by atoms with van der Waals surface area (Å²) in [7, 11) is 0. The van der Waals surface area contributed by atoms with Crippen molar-refractivity contribution in [3.8, 4) is 0 Å². The van der Waals surface area contributed by atoms with Gasteiger partial charge in [-0.2, -0.15) is 0 Å². The third-order valence-corrected chi connectivity index (χ3v) is 5.18. The van der Waals surface area contributed by atoms with Crippen LogP contribution < -0.4 is 0 Å². The van der Waals surface area contributed by atoms with Gasteiger partial charge in [0.15, 0.2) is 5.69 Å². The van der Waals surface area contributed by atoms with Gasteiger partial charge in [-0.05, 0) is 48.0 Å². The number of esters is 2. The molecular formula is C21H20BrClN2O4. The van der Waals surface area contributed by atoms with Gasteiger partial charge in [0.25, 0.3) is 0 Å². The Balaban J connectivity index is 1.77. The van der Waals surface area contributed by atoms with Crippen LogP contribution in [0.15, 0.2) is 47.1 Å². The zero-order chi connectivity index (χ0) is 21.0. The van der Waals surface area contributed by atoms with Gasteiger partial charge in [0.1, 0.15) is 11.8 Å². The Kier molecular flexibility index (Phi) is 6.92. The average molecular weight is 480 g/mol. The fourth-order valence-electron chi connectivity index (χ4n) is 3.01. The molecule has 2 aromatic heterocycles.